The molecular weight excluding hydrogens is 300 g/mol. The predicted molar refractivity (Wildman–Crippen MR) is 88.4 cm³/mol. The molecule has 124 valence electrons. The lowest BCUT2D eigenvalue weighted by Gasteiger charge is -2.32. The van der Waals surface area contributed by atoms with E-state index in [0.717, 1.165) is 19.5 Å². The molecule has 0 saturated carbocycles. The third kappa shape index (κ3) is 5.35. The van der Waals surface area contributed by atoms with Gasteiger partial charge >= 0.3 is 0 Å². The van der Waals surface area contributed by atoms with E-state index < -0.39 is 10.0 Å². The van der Waals surface area contributed by atoms with Gasteiger partial charge in [-0.15, -0.1) is 0 Å². The second-order valence-electron chi connectivity index (χ2n) is 5.94. The van der Waals surface area contributed by atoms with Crippen molar-refractivity contribution in [3.8, 4) is 0 Å². The van der Waals surface area contributed by atoms with Gasteiger partial charge in [-0.1, -0.05) is 30.3 Å². The van der Waals surface area contributed by atoms with Gasteiger partial charge in [0.05, 0.1) is 18.5 Å². The number of nitrogens with zero attached hydrogens (tertiary/aromatic N) is 2. The highest BCUT2D eigenvalue weighted by Crippen LogP contribution is 2.10. The van der Waals surface area contributed by atoms with E-state index in [1.54, 1.807) is 7.05 Å². The summed E-state index contributed by atoms with van der Waals surface area (Å²) in [6, 6.07) is 9.99. The Bertz CT molecular complexity index is 548. The molecule has 0 aromatic heterocycles. The number of rotatable bonds is 7. The fraction of sp³-hybridized carbons (Fsp3) is 0.625. The van der Waals surface area contributed by atoms with Crippen LogP contribution in [-0.4, -0.2) is 69.8 Å². The first kappa shape index (κ1) is 17.4. The number of hydrogen-bond donors (Lipinski definition) is 0. The van der Waals surface area contributed by atoms with Crippen molar-refractivity contribution in [3.63, 3.8) is 0 Å². The minimum atomic E-state index is -3.21. The van der Waals surface area contributed by atoms with Crippen molar-refractivity contribution in [2.75, 3.05) is 46.1 Å². The molecule has 0 amide bonds. The highest BCUT2D eigenvalue weighted by molar-refractivity contribution is 7.89. The van der Waals surface area contributed by atoms with Crippen LogP contribution in [0.2, 0.25) is 0 Å². The van der Waals surface area contributed by atoms with Gasteiger partial charge in [0, 0.05) is 26.7 Å². The lowest BCUT2D eigenvalue weighted by molar-refractivity contribution is -0.0247. The quantitative estimate of drug-likeness (QED) is 0.756. The van der Waals surface area contributed by atoms with Crippen LogP contribution >= 0.6 is 0 Å². The maximum absolute atomic E-state index is 12.3. The van der Waals surface area contributed by atoms with Crippen LogP contribution in [0.25, 0.3) is 0 Å². The van der Waals surface area contributed by atoms with E-state index in [1.165, 1.54) is 9.87 Å². The molecule has 6 heteroatoms. The Balaban J connectivity index is 1.78. The zero-order chi connectivity index (χ0) is 16.0. The third-order valence-electron chi connectivity index (χ3n) is 3.99. The Labute approximate surface area is 133 Å². The van der Waals surface area contributed by atoms with Crippen molar-refractivity contribution in [2.24, 2.45) is 0 Å². The normalized spacial score (nSPS) is 20.4. The van der Waals surface area contributed by atoms with Crippen LogP contribution in [0.1, 0.15) is 12.0 Å². The Kier molecular flexibility index (Phi) is 6.37. The van der Waals surface area contributed by atoms with E-state index in [2.05, 4.69) is 4.90 Å². The number of benzene rings is 1. The van der Waals surface area contributed by atoms with Crippen molar-refractivity contribution < 1.29 is 13.2 Å². The van der Waals surface area contributed by atoms with Gasteiger partial charge in [0.15, 0.2) is 0 Å². The van der Waals surface area contributed by atoms with Gasteiger partial charge in [0.1, 0.15) is 0 Å². The van der Waals surface area contributed by atoms with Gasteiger partial charge in [0.25, 0.3) is 0 Å². The smallest absolute Gasteiger partial charge is 0.213 e. The molecule has 1 atom stereocenters. The van der Waals surface area contributed by atoms with Crippen molar-refractivity contribution in [1.82, 2.24) is 9.21 Å². The molecule has 2 rings (SSSR count). The Morgan fingerprint density at radius 1 is 1.32 bits per heavy atom. The molecule has 1 aliphatic rings. The van der Waals surface area contributed by atoms with Gasteiger partial charge in [0.2, 0.25) is 10.0 Å². The second kappa shape index (κ2) is 8.06. The lowest BCUT2D eigenvalue weighted by Crippen LogP contribution is -2.46. The topological polar surface area (TPSA) is 49.9 Å². The van der Waals surface area contributed by atoms with E-state index in [1.807, 2.05) is 37.4 Å². The first-order chi connectivity index (χ1) is 10.5. The van der Waals surface area contributed by atoms with Crippen LogP contribution in [0.15, 0.2) is 30.3 Å². The van der Waals surface area contributed by atoms with E-state index in [9.17, 15) is 8.42 Å². The van der Waals surface area contributed by atoms with Crippen molar-refractivity contribution in [3.05, 3.63) is 35.9 Å². The van der Waals surface area contributed by atoms with E-state index >= 15 is 0 Å². The summed E-state index contributed by atoms with van der Waals surface area (Å²) < 4.78 is 31.8. The molecule has 1 unspecified atom stereocenters. The summed E-state index contributed by atoms with van der Waals surface area (Å²) in [5, 5.41) is 0. The van der Waals surface area contributed by atoms with E-state index in [0.29, 0.717) is 19.6 Å². The van der Waals surface area contributed by atoms with E-state index in [4.69, 9.17) is 4.74 Å². The van der Waals surface area contributed by atoms with Gasteiger partial charge in [-0.2, -0.15) is 0 Å². The summed E-state index contributed by atoms with van der Waals surface area (Å²) in [7, 11) is 0.468. The standard InChI is InChI=1S/C16H26N2O3S/c1-17-10-11-21-16(13-17)14-18(2)22(19,20)12-6-9-15-7-4-3-5-8-15/h3-5,7-8,16H,6,9-14H2,1-2H3. The molecule has 0 radical (unpaired) electrons. The molecule has 0 spiro atoms. The Hall–Kier alpha value is -0.950. The first-order valence-electron chi connectivity index (χ1n) is 7.75. The molecule has 0 N–H and O–H groups in total. The predicted octanol–water partition coefficient (Wildman–Crippen LogP) is 1.21. The molecular formula is C16H26N2O3S. The fourth-order valence-electron chi connectivity index (χ4n) is 2.64. The van der Waals surface area contributed by atoms with Crippen molar-refractivity contribution >= 4 is 10.0 Å². The van der Waals surface area contributed by atoms with Crippen molar-refractivity contribution in [2.45, 2.75) is 18.9 Å². The van der Waals surface area contributed by atoms with Crippen molar-refractivity contribution in [1.29, 1.82) is 0 Å². The van der Waals surface area contributed by atoms with Crippen LogP contribution in [0.3, 0.4) is 0 Å². The van der Waals surface area contributed by atoms with Crippen LogP contribution in [0.4, 0.5) is 0 Å². The maximum atomic E-state index is 12.3. The summed E-state index contributed by atoms with van der Waals surface area (Å²) in [5.41, 5.74) is 1.18. The number of aryl methyl sites for hydroxylation is 1. The SMILES string of the molecule is CN1CCOC(CN(C)S(=O)(=O)CCCc2ccccc2)C1. The molecule has 1 saturated heterocycles. The lowest BCUT2D eigenvalue weighted by atomic mass is 10.1. The molecule has 0 aliphatic carbocycles. The molecule has 0 bridgehead atoms. The van der Waals surface area contributed by atoms with Gasteiger partial charge < -0.3 is 9.64 Å². The number of hydrogen-bond acceptors (Lipinski definition) is 4. The minimum absolute atomic E-state index is 0.0346. The zero-order valence-electron chi connectivity index (χ0n) is 13.4. The van der Waals surface area contributed by atoms with Gasteiger partial charge in [-0.05, 0) is 25.5 Å². The largest absolute Gasteiger partial charge is 0.374 e. The first-order valence-corrected chi connectivity index (χ1v) is 9.36. The molecule has 1 aliphatic heterocycles. The number of ether oxygens (including phenoxy) is 1. The molecule has 1 fully saturated rings. The van der Waals surface area contributed by atoms with Crippen LogP contribution in [0.5, 0.6) is 0 Å². The van der Waals surface area contributed by atoms with Gasteiger partial charge in [-0.3, -0.25) is 0 Å². The monoisotopic (exact) mass is 326 g/mol. The second-order valence-corrected chi connectivity index (χ2v) is 8.14. The van der Waals surface area contributed by atoms with Crippen LogP contribution in [-0.2, 0) is 21.2 Å². The molecule has 5 nitrogen and oxygen atoms in total. The maximum Gasteiger partial charge on any atom is 0.213 e. The summed E-state index contributed by atoms with van der Waals surface area (Å²) in [4.78, 5) is 2.17. The summed E-state index contributed by atoms with van der Waals surface area (Å²) in [6.45, 7) is 2.79. The zero-order valence-corrected chi connectivity index (χ0v) is 14.3. The fourth-order valence-corrected chi connectivity index (χ4v) is 3.85. The Morgan fingerprint density at radius 2 is 2.05 bits per heavy atom. The number of morpholine rings is 1. The minimum Gasteiger partial charge on any atom is -0.374 e. The molecule has 22 heavy (non-hydrogen) atoms. The van der Waals surface area contributed by atoms with Crippen LogP contribution < -0.4 is 0 Å². The third-order valence-corrected chi connectivity index (χ3v) is 5.89. The molecule has 1 heterocycles. The van der Waals surface area contributed by atoms with E-state index in [-0.39, 0.29) is 11.9 Å². The van der Waals surface area contributed by atoms with Crippen LogP contribution in [0, 0.1) is 0 Å². The highest BCUT2D eigenvalue weighted by Gasteiger charge is 2.24. The Morgan fingerprint density at radius 3 is 2.73 bits per heavy atom. The summed E-state index contributed by atoms with van der Waals surface area (Å²) >= 11 is 0. The highest BCUT2D eigenvalue weighted by atomic mass is 32.2. The average molecular weight is 326 g/mol. The summed E-state index contributed by atoms with van der Waals surface area (Å²) in [5.74, 6) is 0.182. The molecule has 1 aromatic carbocycles. The number of likely N-dealkylation sites (N-methyl/N-ethyl adjacent to an activating group) is 2. The molecule has 1 aromatic rings. The van der Waals surface area contributed by atoms with Gasteiger partial charge in [-0.25, -0.2) is 12.7 Å². The number of sulfonamides is 1. The average Bonchev–Trinajstić information content (AvgIpc) is 2.48. The summed E-state index contributed by atoms with van der Waals surface area (Å²) in [6.07, 6.45) is 1.39.